The van der Waals surface area contributed by atoms with Crippen molar-refractivity contribution >= 4 is 23.3 Å². The summed E-state index contributed by atoms with van der Waals surface area (Å²) in [6, 6.07) is 25.2. The topological polar surface area (TPSA) is 97.3 Å². The number of urea groups is 1. The molecule has 3 aromatic carbocycles. The third-order valence-electron chi connectivity index (χ3n) is 8.56. The van der Waals surface area contributed by atoms with Gasteiger partial charge in [0.1, 0.15) is 17.4 Å². The molecule has 2 amide bonds. The molecule has 8 nitrogen and oxygen atoms in total. The average Bonchev–Trinajstić information content (AvgIpc) is 3.46. The number of aryl methyl sites for hydroxylation is 2. The van der Waals surface area contributed by atoms with Crippen molar-refractivity contribution in [3.63, 3.8) is 0 Å². The Labute approximate surface area is 266 Å². The zero-order chi connectivity index (χ0) is 32.0. The van der Waals surface area contributed by atoms with Crippen LogP contribution in [0.5, 0.6) is 5.75 Å². The summed E-state index contributed by atoms with van der Waals surface area (Å²) in [6.45, 7) is 10.2. The molecular formula is C37H45N5O3. The Morgan fingerprint density at radius 3 is 2.33 bits per heavy atom. The third kappa shape index (κ3) is 8.00. The van der Waals surface area contributed by atoms with E-state index in [2.05, 4.69) is 36.7 Å². The van der Waals surface area contributed by atoms with Crippen molar-refractivity contribution in [2.45, 2.75) is 64.7 Å². The maximum atomic E-state index is 13.8. The summed E-state index contributed by atoms with van der Waals surface area (Å²) in [5, 5.41) is 14.2. The number of nitrogens with one attached hydrogen (secondary N) is 3. The minimum absolute atomic E-state index is 0.186. The molecule has 1 fully saturated rings. The van der Waals surface area contributed by atoms with Crippen molar-refractivity contribution in [2.24, 2.45) is 5.92 Å². The number of para-hydroxylation sites is 1. The predicted octanol–water partition coefficient (Wildman–Crippen LogP) is 7.42. The lowest BCUT2D eigenvalue weighted by Gasteiger charge is -2.30. The van der Waals surface area contributed by atoms with Crippen LogP contribution in [0.3, 0.4) is 0 Å². The lowest BCUT2D eigenvalue weighted by Crippen LogP contribution is -2.33. The Hall–Kier alpha value is -4.43. The second-order valence-electron chi connectivity index (χ2n) is 13.0. The van der Waals surface area contributed by atoms with Crippen LogP contribution in [-0.4, -0.2) is 41.8 Å². The first-order valence-electron chi connectivity index (χ1n) is 15.8. The van der Waals surface area contributed by atoms with Crippen LogP contribution in [0, 0.1) is 12.8 Å². The first-order chi connectivity index (χ1) is 21.6. The van der Waals surface area contributed by atoms with E-state index in [0.717, 1.165) is 59.8 Å². The van der Waals surface area contributed by atoms with E-state index in [-0.39, 0.29) is 29.1 Å². The molecule has 0 bridgehead atoms. The molecule has 1 saturated heterocycles. The molecule has 45 heavy (non-hydrogen) atoms. The van der Waals surface area contributed by atoms with Crippen molar-refractivity contribution in [1.82, 2.24) is 15.1 Å². The second-order valence-corrected chi connectivity index (χ2v) is 13.0. The first kappa shape index (κ1) is 32.0. The van der Waals surface area contributed by atoms with E-state index < -0.39 is 0 Å². The van der Waals surface area contributed by atoms with E-state index in [1.54, 1.807) is 11.8 Å². The molecule has 1 unspecified atom stereocenters. The highest BCUT2D eigenvalue weighted by molar-refractivity contribution is 5.99. The normalized spacial score (nSPS) is 14.5. The Balaban J connectivity index is 1.30. The van der Waals surface area contributed by atoms with E-state index in [9.17, 15) is 9.59 Å². The number of ether oxygens (including phenoxy) is 1. The number of rotatable bonds is 10. The molecule has 1 aromatic heterocycles. The number of hydrogen-bond acceptors (Lipinski definition) is 5. The van der Waals surface area contributed by atoms with Crippen molar-refractivity contribution in [3.8, 4) is 11.4 Å². The average molecular weight is 608 g/mol. The lowest BCUT2D eigenvalue weighted by atomic mass is 9.76. The molecular weight excluding hydrogens is 562 g/mol. The summed E-state index contributed by atoms with van der Waals surface area (Å²) < 4.78 is 7.27. The number of hydrogen-bond donors (Lipinski definition) is 3. The molecule has 1 aliphatic rings. The van der Waals surface area contributed by atoms with E-state index in [0.29, 0.717) is 24.3 Å². The Kier molecular flexibility index (Phi) is 10.0. The summed E-state index contributed by atoms with van der Waals surface area (Å²) in [6.07, 6.45) is 3.00. The quantitative estimate of drug-likeness (QED) is 0.174. The minimum atomic E-state index is -0.362. The monoisotopic (exact) mass is 607 g/mol. The van der Waals surface area contributed by atoms with Crippen LogP contribution in [0.25, 0.3) is 5.69 Å². The summed E-state index contributed by atoms with van der Waals surface area (Å²) in [5.74, 6) is 1.73. The van der Waals surface area contributed by atoms with Crippen molar-refractivity contribution in [3.05, 3.63) is 101 Å². The molecule has 0 spiro atoms. The number of anilines is 2. The van der Waals surface area contributed by atoms with Gasteiger partial charge >= 0.3 is 6.03 Å². The zero-order valence-electron chi connectivity index (χ0n) is 27.0. The molecule has 0 aliphatic carbocycles. The van der Waals surface area contributed by atoms with Gasteiger partial charge in [-0.15, -0.1) is 0 Å². The summed E-state index contributed by atoms with van der Waals surface area (Å²) in [7, 11) is 1.66. The van der Waals surface area contributed by atoms with Gasteiger partial charge < -0.3 is 15.4 Å². The second kappa shape index (κ2) is 14.1. The highest BCUT2D eigenvalue weighted by Gasteiger charge is 2.31. The number of piperidine rings is 1. The number of aromatic nitrogens is 2. The van der Waals surface area contributed by atoms with Crippen LogP contribution >= 0.6 is 0 Å². The molecule has 236 valence electrons. The molecule has 1 aliphatic heterocycles. The lowest BCUT2D eigenvalue weighted by molar-refractivity contribution is -0.121. The van der Waals surface area contributed by atoms with Gasteiger partial charge in [0.15, 0.2) is 0 Å². The standard InChI is InChI=1S/C37H45N5O3/c1-25-10-17-30(18-11-25)42-34(24-33(41-42)37(2,3)4)40-36(44)39-29-15-12-27(13-16-29)35(28-20-22-38-23-21-28)31(43)19-14-26-8-6-7-9-32(26)45-5/h6-13,15-18,24,28,35,38H,14,19-23H2,1-5H3,(H2,39,40,44). The highest BCUT2D eigenvalue weighted by Crippen LogP contribution is 2.34. The van der Waals surface area contributed by atoms with Gasteiger partial charge in [-0.2, -0.15) is 5.10 Å². The molecule has 8 heteroatoms. The number of ketones is 1. The van der Waals surface area contributed by atoms with E-state index in [1.807, 2.05) is 85.8 Å². The van der Waals surface area contributed by atoms with Gasteiger partial charge in [-0.3, -0.25) is 10.1 Å². The number of nitrogens with zero attached hydrogens (tertiary/aromatic N) is 2. The van der Waals surface area contributed by atoms with Crippen LogP contribution in [0.4, 0.5) is 16.3 Å². The molecule has 3 N–H and O–H groups in total. The van der Waals surface area contributed by atoms with Gasteiger partial charge in [-0.05, 0) is 86.7 Å². The number of Topliss-reactive ketones (excluding diaryl/α,β-unsaturated/α-hetero) is 1. The Morgan fingerprint density at radius 1 is 0.978 bits per heavy atom. The van der Waals surface area contributed by atoms with E-state index in [1.165, 1.54) is 0 Å². The third-order valence-corrected chi connectivity index (χ3v) is 8.56. The smallest absolute Gasteiger partial charge is 0.324 e. The number of carbonyl (C=O) groups excluding carboxylic acids is 2. The van der Waals surface area contributed by atoms with E-state index >= 15 is 0 Å². The van der Waals surface area contributed by atoms with Crippen LogP contribution in [0.15, 0.2) is 78.9 Å². The van der Waals surface area contributed by atoms with Crippen molar-refractivity contribution in [2.75, 3.05) is 30.8 Å². The molecule has 5 rings (SSSR count). The van der Waals surface area contributed by atoms with Gasteiger partial charge in [-0.1, -0.05) is 68.8 Å². The van der Waals surface area contributed by atoms with Crippen LogP contribution in [0.2, 0.25) is 0 Å². The maximum absolute atomic E-state index is 13.8. The van der Waals surface area contributed by atoms with Gasteiger partial charge in [0.25, 0.3) is 0 Å². The molecule has 4 aromatic rings. The number of carbonyl (C=O) groups is 2. The number of benzene rings is 3. The molecule has 2 heterocycles. The van der Waals surface area contributed by atoms with Gasteiger partial charge in [0, 0.05) is 29.5 Å². The molecule has 0 radical (unpaired) electrons. The highest BCUT2D eigenvalue weighted by atomic mass is 16.5. The zero-order valence-corrected chi connectivity index (χ0v) is 27.0. The minimum Gasteiger partial charge on any atom is -0.496 e. The fourth-order valence-corrected chi connectivity index (χ4v) is 5.99. The van der Waals surface area contributed by atoms with Crippen molar-refractivity contribution < 1.29 is 14.3 Å². The maximum Gasteiger partial charge on any atom is 0.324 e. The van der Waals surface area contributed by atoms with Crippen molar-refractivity contribution in [1.29, 1.82) is 0 Å². The number of amides is 2. The summed E-state index contributed by atoms with van der Waals surface area (Å²) >= 11 is 0. The fourth-order valence-electron chi connectivity index (χ4n) is 5.99. The Bertz CT molecular complexity index is 1600. The van der Waals surface area contributed by atoms with Gasteiger partial charge in [-0.25, -0.2) is 9.48 Å². The fraction of sp³-hybridized carbons (Fsp3) is 0.378. The predicted molar refractivity (Wildman–Crippen MR) is 181 cm³/mol. The molecule has 0 saturated carbocycles. The molecule has 1 atom stereocenters. The SMILES string of the molecule is COc1ccccc1CCC(=O)C(c1ccc(NC(=O)Nc2cc(C(C)(C)C)nn2-c2ccc(C)cc2)cc1)C1CCNCC1. The summed E-state index contributed by atoms with van der Waals surface area (Å²) in [4.78, 5) is 27.0. The number of methoxy groups -OCH3 is 1. The van der Waals surface area contributed by atoms with Crippen LogP contribution in [0.1, 0.15) is 68.3 Å². The summed E-state index contributed by atoms with van der Waals surface area (Å²) in [5.41, 5.74) is 5.40. The van der Waals surface area contributed by atoms with Crippen LogP contribution in [-0.2, 0) is 16.6 Å². The van der Waals surface area contributed by atoms with E-state index in [4.69, 9.17) is 9.84 Å². The largest absolute Gasteiger partial charge is 0.496 e. The van der Waals surface area contributed by atoms with Gasteiger partial charge in [0.05, 0.1) is 18.5 Å². The van der Waals surface area contributed by atoms with Crippen LogP contribution < -0.4 is 20.7 Å². The Morgan fingerprint density at radius 2 is 1.67 bits per heavy atom. The first-order valence-corrected chi connectivity index (χ1v) is 15.8. The van der Waals surface area contributed by atoms with Gasteiger partial charge in [0.2, 0.25) is 0 Å².